The number of alkyl halides is 2. The van der Waals surface area contributed by atoms with Gasteiger partial charge in [-0.1, -0.05) is 12.1 Å². The van der Waals surface area contributed by atoms with E-state index in [0.29, 0.717) is 19.5 Å². The number of nitrogens with zero attached hydrogens (tertiary/aromatic N) is 2. The SMILES string of the molecule is O=C(CN1CCCN(S(=O)(=O)c2ccc(F)cc2)CC1)Nc1ccccc1OC(F)F. The number of para-hydroxylation sites is 2. The van der Waals surface area contributed by atoms with Crippen LogP contribution in [0.2, 0.25) is 0 Å². The summed E-state index contributed by atoms with van der Waals surface area (Å²) in [7, 11) is -3.77. The fourth-order valence-electron chi connectivity index (χ4n) is 3.26. The Labute approximate surface area is 178 Å². The summed E-state index contributed by atoms with van der Waals surface area (Å²) in [5.74, 6) is -1.09. The van der Waals surface area contributed by atoms with Gasteiger partial charge in [0.05, 0.1) is 17.1 Å². The quantitative estimate of drug-likeness (QED) is 0.692. The van der Waals surface area contributed by atoms with Crippen LogP contribution in [0.15, 0.2) is 53.4 Å². The molecule has 1 aliphatic rings. The number of anilines is 1. The fourth-order valence-corrected chi connectivity index (χ4v) is 4.73. The van der Waals surface area contributed by atoms with E-state index in [1.807, 2.05) is 0 Å². The second kappa shape index (κ2) is 10.1. The molecule has 11 heteroatoms. The molecule has 0 unspecified atom stereocenters. The van der Waals surface area contributed by atoms with E-state index in [0.717, 1.165) is 12.1 Å². The van der Waals surface area contributed by atoms with Gasteiger partial charge in [-0.15, -0.1) is 0 Å². The predicted octanol–water partition coefficient (Wildman–Crippen LogP) is 2.76. The molecule has 7 nitrogen and oxygen atoms in total. The van der Waals surface area contributed by atoms with E-state index in [2.05, 4.69) is 10.1 Å². The van der Waals surface area contributed by atoms with Crippen LogP contribution in [0.25, 0.3) is 0 Å². The minimum atomic E-state index is -3.77. The zero-order chi connectivity index (χ0) is 22.4. The smallest absolute Gasteiger partial charge is 0.387 e. The van der Waals surface area contributed by atoms with Gasteiger partial charge in [0.1, 0.15) is 11.6 Å². The van der Waals surface area contributed by atoms with Gasteiger partial charge >= 0.3 is 6.61 Å². The number of carbonyl (C=O) groups is 1. The van der Waals surface area contributed by atoms with E-state index in [1.54, 1.807) is 11.0 Å². The van der Waals surface area contributed by atoms with Gasteiger partial charge < -0.3 is 10.1 Å². The Hall–Kier alpha value is -2.63. The molecule has 2 aromatic rings. The number of halogens is 3. The van der Waals surface area contributed by atoms with Crippen molar-refractivity contribution in [1.82, 2.24) is 9.21 Å². The Morgan fingerprint density at radius 1 is 1.03 bits per heavy atom. The first-order valence-corrected chi connectivity index (χ1v) is 11.0. The molecule has 3 rings (SSSR count). The average Bonchev–Trinajstić information content (AvgIpc) is 2.95. The molecule has 1 fully saturated rings. The molecule has 31 heavy (non-hydrogen) atoms. The highest BCUT2D eigenvalue weighted by Crippen LogP contribution is 2.25. The minimum Gasteiger partial charge on any atom is -0.433 e. The van der Waals surface area contributed by atoms with Crippen LogP contribution in [0.1, 0.15) is 6.42 Å². The average molecular weight is 457 g/mol. The molecule has 1 saturated heterocycles. The molecule has 0 atom stereocenters. The first-order chi connectivity index (χ1) is 14.8. The molecule has 1 N–H and O–H groups in total. The summed E-state index contributed by atoms with van der Waals surface area (Å²) in [6.45, 7) is -1.83. The lowest BCUT2D eigenvalue weighted by molar-refractivity contribution is -0.117. The van der Waals surface area contributed by atoms with Crippen LogP contribution in [0.4, 0.5) is 18.9 Å². The van der Waals surface area contributed by atoms with Crippen LogP contribution >= 0.6 is 0 Å². The molecule has 1 aliphatic heterocycles. The number of nitrogens with one attached hydrogen (secondary N) is 1. The Morgan fingerprint density at radius 2 is 1.74 bits per heavy atom. The van der Waals surface area contributed by atoms with Gasteiger partial charge in [-0.05, 0) is 49.4 Å². The molecule has 0 aliphatic carbocycles. The van der Waals surface area contributed by atoms with Crippen molar-refractivity contribution in [2.45, 2.75) is 17.9 Å². The van der Waals surface area contributed by atoms with Crippen LogP contribution in [0, 0.1) is 5.82 Å². The van der Waals surface area contributed by atoms with Gasteiger partial charge in [-0.3, -0.25) is 9.69 Å². The zero-order valence-electron chi connectivity index (χ0n) is 16.5. The normalized spacial score (nSPS) is 16.1. The molecular formula is C20H22F3N3O4S. The van der Waals surface area contributed by atoms with Gasteiger partial charge in [0.15, 0.2) is 0 Å². The van der Waals surface area contributed by atoms with Crippen molar-refractivity contribution < 1.29 is 31.1 Å². The Morgan fingerprint density at radius 3 is 2.45 bits per heavy atom. The van der Waals surface area contributed by atoms with E-state index in [9.17, 15) is 26.4 Å². The van der Waals surface area contributed by atoms with Gasteiger partial charge in [0.25, 0.3) is 0 Å². The summed E-state index contributed by atoms with van der Waals surface area (Å²) in [5, 5.41) is 2.55. The van der Waals surface area contributed by atoms with Gasteiger partial charge in [-0.2, -0.15) is 13.1 Å². The van der Waals surface area contributed by atoms with E-state index >= 15 is 0 Å². The third-order valence-corrected chi connectivity index (χ3v) is 6.66. The second-order valence-corrected chi connectivity index (χ2v) is 8.85. The number of sulfonamides is 1. The van der Waals surface area contributed by atoms with Crippen LogP contribution in [-0.2, 0) is 14.8 Å². The monoisotopic (exact) mass is 457 g/mol. The van der Waals surface area contributed by atoms with Crippen molar-refractivity contribution in [3.8, 4) is 5.75 Å². The molecule has 1 heterocycles. The molecule has 1 amide bonds. The zero-order valence-corrected chi connectivity index (χ0v) is 17.3. The Bertz CT molecular complexity index is 1000. The Balaban J connectivity index is 1.59. The lowest BCUT2D eigenvalue weighted by Crippen LogP contribution is -2.38. The molecule has 0 radical (unpaired) electrons. The lowest BCUT2D eigenvalue weighted by Gasteiger charge is -2.21. The topological polar surface area (TPSA) is 79.0 Å². The largest absolute Gasteiger partial charge is 0.433 e. The van der Waals surface area contributed by atoms with E-state index in [4.69, 9.17) is 0 Å². The number of hydrogen-bond donors (Lipinski definition) is 1. The molecule has 0 saturated carbocycles. The molecule has 0 spiro atoms. The van der Waals surface area contributed by atoms with Crippen LogP contribution in [-0.4, -0.2) is 62.9 Å². The first kappa shape index (κ1) is 23.0. The molecule has 0 bridgehead atoms. The third-order valence-electron chi connectivity index (χ3n) is 4.74. The Kier molecular flexibility index (Phi) is 7.52. The second-order valence-electron chi connectivity index (χ2n) is 6.91. The first-order valence-electron chi connectivity index (χ1n) is 9.57. The van der Waals surface area contributed by atoms with Gasteiger partial charge in [0, 0.05) is 19.6 Å². The van der Waals surface area contributed by atoms with Crippen molar-refractivity contribution in [3.63, 3.8) is 0 Å². The maximum absolute atomic E-state index is 13.1. The molecule has 168 valence electrons. The predicted molar refractivity (Wildman–Crippen MR) is 108 cm³/mol. The van der Waals surface area contributed by atoms with Crippen molar-refractivity contribution in [3.05, 3.63) is 54.3 Å². The number of benzene rings is 2. The third kappa shape index (κ3) is 6.18. The summed E-state index contributed by atoms with van der Waals surface area (Å²) >= 11 is 0. The molecular weight excluding hydrogens is 435 g/mol. The van der Waals surface area contributed by atoms with Gasteiger partial charge in [0.2, 0.25) is 15.9 Å². The minimum absolute atomic E-state index is 0.00994. The summed E-state index contributed by atoms with van der Waals surface area (Å²) in [5.41, 5.74) is 0.128. The number of amides is 1. The lowest BCUT2D eigenvalue weighted by atomic mass is 10.3. The van der Waals surface area contributed by atoms with Crippen LogP contribution in [0.5, 0.6) is 5.75 Å². The number of rotatable bonds is 7. The molecule has 2 aromatic carbocycles. The molecule has 0 aromatic heterocycles. The fraction of sp³-hybridized carbons (Fsp3) is 0.350. The summed E-state index contributed by atoms with van der Waals surface area (Å²) in [6.07, 6.45) is 0.499. The van der Waals surface area contributed by atoms with Crippen molar-refractivity contribution in [1.29, 1.82) is 0 Å². The maximum Gasteiger partial charge on any atom is 0.387 e. The van der Waals surface area contributed by atoms with E-state index in [1.165, 1.54) is 34.6 Å². The number of carbonyl (C=O) groups excluding carboxylic acids is 1. The number of ether oxygens (including phenoxy) is 1. The van der Waals surface area contributed by atoms with Gasteiger partial charge in [-0.25, -0.2) is 12.8 Å². The maximum atomic E-state index is 13.1. The van der Waals surface area contributed by atoms with Crippen LogP contribution < -0.4 is 10.1 Å². The van der Waals surface area contributed by atoms with E-state index < -0.39 is 28.4 Å². The highest BCUT2D eigenvalue weighted by atomic mass is 32.2. The van der Waals surface area contributed by atoms with Crippen molar-refractivity contribution >= 4 is 21.6 Å². The van der Waals surface area contributed by atoms with Crippen molar-refractivity contribution in [2.24, 2.45) is 0 Å². The highest BCUT2D eigenvalue weighted by molar-refractivity contribution is 7.89. The summed E-state index contributed by atoms with van der Waals surface area (Å²) < 4.78 is 69.4. The van der Waals surface area contributed by atoms with Crippen molar-refractivity contribution in [2.75, 3.05) is 38.0 Å². The number of hydrogen-bond acceptors (Lipinski definition) is 5. The van der Waals surface area contributed by atoms with Crippen LogP contribution in [0.3, 0.4) is 0 Å². The standard InChI is InChI=1S/C20H22F3N3O4S/c21-15-6-8-16(9-7-15)31(28,29)26-11-3-10-25(12-13-26)14-19(27)24-17-4-1-2-5-18(17)30-20(22)23/h1-2,4-9,20H,3,10-14H2,(H,24,27). The highest BCUT2D eigenvalue weighted by Gasteiger charge is 2.27. The summed E-state index contributed by atoms with van der Waals surface area (Å²) in [4.78, 5) is 14.2. The van der Waals surface area contributed by atoms with E-state index in [-0.39, 0.29) is 36.0 Å². The summed E-state index contributed by atoms with van der Waals surface area (Å²) in [6, 6.07) is 10.5.